The zero-order valence-electron chi connectivity index (χ0n) is 41.3. The monoisotopic (exact) mass is 988 g/mol. The Kier molecular flexibility index (Phi) is 34.9. The molecule has 0 saturated carbocycles. The predicted octanol–water partition coefficient (Wildman–Crippen LogP) is 22.1. The molecular formula is C60H76S6. The fourth-order valence-corrected chi connectivity index (χ4v) is 9.70. The lowest BCUT2D eigenvalue weighted by Gasteiger charge is -2.05. The van der Waals surface area contributed by atoms with E-state index in [1.165, 1.54) is 55.0 Å². The van der Waals surface area contributed by atoms with Gasteiger partial charge < -0.3 is 0 Å². The Morgan fingerprint density at radius 3 is 0.955 bits per heavy atom. The molecule has 9 aromatic rings. The largest absolute Gasteiger partial charge is 0.149 e. The summed E-state index contributed by atoms with van der Waals surface area (Å²) in [6.45, 7) is 29.2. The molecule has 0 atom stereocenters. The van der Waals surface area contributed by atoms with Gasteiger partial charge in [-0.3, -0.25) is 0 Å². The van der Waals surface area contributed by atoms with Gasteiger partial charge in [0, 0.05) is 49.5 Å². The van der Waals surface area contributed by atoms with Crippen molar-refractivity contribution < 1.29 is 0 Å². The summed E-state index contributed by atoms with van der Waals surface area (Å²) in [6, 6.07) is 56.4. The summed E-state index contributed by atoms with van der Waals surface area (Å²) in [5.74, 6) is 5.79. The Labute approximate surface area is 426 Å². The van der Waals surface area contributed by atoms with E-state index in [-0.39, 0.29) is 7.43 Å². The number of rotatable bonds is 3. The van der Waals surface area contributed by atoms with Gasteiger partial charge in [-0.1, -0.05) is 177 Å². The molecule has 352 valence electrons. The molecule has 0 nitrogen and oxygen atoms in total. The Morgan fingerprint density at radius 2 is 0.682 bits per heavy atom. The molecule has 0 amide bonds. The van der Waals surface area contributed by atoms with E-state index in [1.54, 1.807) is 34.0 Å². The second-order valence-electron chi connectivity index (χ2n) is 15.2. The smallest absolute Gasteiger partial charge is 0.0449 e. The number of hydrogen-bond donors (Lipinski definition) is 0. The number of aryl methyl sites for hydroxylation is 5. The van der Waals surface area contributed by atoms with Crippen molar-refractivity contribution in [3.63, 3.8) is 0 Å². The zero-order chi connectivity index (χ0) is 48.3. The summed E-state index contributed by atoms with van der Waals surface area (Å²) in [7, 11) is 0. The van der Waals surface area contributed by atoms with Crippen molar-refractivity contribution in [3.8, 4) is 41.1 Å². The van der Waals surface area contributed by atoms with Crippen molar-refractivity contribution in [2.75, 3.05) is 0 Å². The predicted molar refractivity (Wildman–Crippen MR) is 313 cm³/mol. The van der Waals surface area contributed by atoms with E-state index in [0.29, 0.717) is 5.41 Å². The molecule has 0 unspecified atom stereocenters. The fourth-order valence-electron chi connectivity index (χ4n) is 4.67. The summed E-state index contributed by atoms with van der Waals surface area (Å²) in [4.78, 5) is 12.4. The van der Waals surface area contributed by atoms with Crippen molar-refractivity contribution in [1.82, 2.24) is 0 Å². The minimum Gasteiger partial charge on any atom is -0.149 e. The first kappa shape index (κ1) is 61.4. The minimum atomic E-state index is 0. The van der Waals surface area contributed by atoms with Gasteiger partial charge >= 0.3 is 0 Å². The van der Waals surface area contributed by atoms with Crippen LogP contribution in [0, 0.1) is 51.9 Å². The van der Waals surface area contributed by atoms with Crippen LogP contribution in [0.5, 0.6) is 0 Å². The molecule has 0 bridgehead atoms. The van der Waals surface area contributed by atoms with Crippen molar-refractivity contribution in [2.45, 2.75) is 104 Å². The van der Waals surface area contributed by atoms with Crippen LogP contribution in [0.4, 0.5) is 0 Å². The Morgan fingerprint density at radius 1 is 0.348 bits per heavy atom. The third-order valence-corrected chi connectivity index (χ3v) is 13.7. The van der Waals surface area contributed by atoms with Gasteiger partial charge in [0.1, 0.15) is 0 Å². The minimum absolute atomic E-state index is 0. The average molecular weight is 990 g/mol. The third-order valence-electron chi connectivity index (χ3n) is 7.45. The molecule has 3 aromatic carbocycles. The topological polar surface area (TPSA) is 0 Å². The molecule has 0 saturated heterocycles. The molecular weight excluding hydrogens is 913 g/mol. The van der Waals surface area contributed by atoms with Gasteiger partial charge in [-0.05, 0) is 130 Å². The van der Waals surface area contributed by atoms with Crippen molar-refractivity contribution in [1.29, 1.82) is 0 Å². The van der Waals surface area contributed by atoms with Crippen LogP contribution in [0.15, 0.2) is 180 Å². The lowest BCUT2D eigenvalue weighted by atomic mass is 10.0. The van der Waals surface area contributed by atoms with Gasteiger partial charge in [-0.2, -0.15) is 0 Å². The first-order chi connectivity index (χ1) is 31.3. The quantitative estimate of drug-likeness (QED) is 0.155. The SMILES string of the molecule is C.CC.CC.CC#Cc1ccccc1.CC(C)(C)C.Cc1ccc(-c2ccc(-c3cccs3)s2)s1.Cc1ccc(-c2cccs2)s1.Cc1ccccc1.Cc1ccccc1.Cc1cccs1. The van der Waals surface area contributed by atoms with E-state index < -0.39 is 0 Å². The summed E-state index contributed by atoms with van der Waals surface area (Å²) >= 11 is 11.0. The van der Waals surface area contributed by atoms with E-state index in [2.05, 4.69) is 187 Å². The molecule has 0 aliphatic carbocycles. The van der Waals surface area contributed by atoms with Crippen LogP contribution in [0.1, 0.15) is 101 Å². The fraction of sp³-hybridized carbons (Fsp3) is 0.267. The number of thiophene rings is 6. The van der Waals surface area contributed by atoms with E-state index in [9.17, 15) is 0 Å². The van der Waals surface area contributed by atoms with Crippen LogP contribution < -0.4 is 0 Å². The van der Waals surface area contributed by atoms with Crippen LogP contribution in [0.3, 0.4) is 0 Å². The highest BCUT2D eigenvalue weighted by molar-refractivity contribution is 7.26. The first-order valence-electron chi connectivity index (χ1n) is 22.1. The standard InChI is InChI=1S/C13H10S3.C9H8S2.C9H8.2C7H8.C5H6S.C5H12.2C2H6.CH4/c1-9-4-5-12(15-9)13-7-6-11(16-13)10-3-2-8-14-10;1-7-4-5-9(11-7)8-3-2-6-10-8;1-2-6-9-7-4-3-5-8-9;2*1-7-5-3-2-4-6-7;1-5-3-2-4-6-5;1-5(2,3)4;2*1-2;/h2-8H,1H3;2-6H,1H3;3-5,7-8H,1H3;2*2-6H,1H3;2-4H,1H3;1-4H3;2*1-2H3;1H4. The Balaban J connectivity index is 0.000000761. The Bertz CT molecular complexity index is 2400. The molecule has 0 radical (unpaired) electrons. The van der Waals surface area contributed by atoms with Crippen molar-refractivity contribution in [3.05, 3.63) is 211 Å². The van der Waals surface area contributed by atoms with Gasteiger partial charge in [0.15, 0.2) is 0 Å². The summed E-state index contributed by atoms with van der Waals surface area (Å²) in [5.41, 5.74) is 4.23. The second-order valence-corrected chi connectivity index (χ2v) is 21.9. The van der Waals surface area contributed by atoms with E-state index in [0.717, 1.165) is 5.56 Å². The summed E-state index contributed by atoms with van der Waals surface area (Å²) in [6.07, 6.45) is 0. The lowest BCUT2D eigenvalue weighted by Crippen LogP contribution is -1.93. The lowest BCUT2D eigenvalue weighted by molar-refractivity contribution is 0.469. The van der Waals surface area contributed by atoms with E-state index in [1.807, 2.05) is 135 Å². The average Bonchev–Trinajstić information content (AvgIpc) is 4.16. The van der Waals surface area contributed by atoms with Gasteiger partial charge in [-0.25, -0.2) is 0 Å². The van der Waals surface area contributed by atoms with Gasteiger partial charge in [-0.15, -0.1) is 73.9 Å². The normalized spacial score (nSPS) is 9.12. The molecule has 6 heteroatoms. The zero-order valence-corrected chi connectivity index (χ0v) is 46.2. The highest BCUT2D eigenvalue weighted by Gasteiger charge is 2.07. The molecule has 0 spiro atoms. The third kappa shape index (κ3) is 29.9. The molecule has 0 N–H and O–H groups in total. The maximum atomic E-state index is 2.96. The van der Waals surface area contributed by atoms with Crippen LogP contribution in [-0.4, -0.2) is 0 Å². The van der Waals surface area contributed by atoms with Crippen LogP contribution in [-0.2, 0) is 0 Å². The second kappa shape index (κ2) is 37.5. The van der Waals surface area contributed by atoms with Gasteiger partial charge in [0.2, 0.25) is 0 Å². The molecule has 0 aliphatic heterocycles. The van der Waals surface area contributed by atoms with E-state index in [4.69, 9.17) is 0 Å². The van der Waals surface area contributed by atoms with Crippen LogP contribution in [0.25, 0.3) is 29.3 Å². The molecule has 6 heterocycles. The molecule has 0 fully saturated rings. The van der Waals surface area contributed by atoms with Crippen LogP contribution >= 0.6 is 68.0 Å². The van der Waals surface area contributed by atoms with Gasteiger partial charge in [0.05, 0.1) is 0 Å². The maximum Gasteiger partial charge on any atom is 0.0449 e. The maximum absolute atomic E-state index is 2.96. The van der Waals surface area contributed by atoms with Crippen LogP contribution in [0.2, 0.25) is 0 Å². The summed E-state index contributed by atoms with van der Waals surface area (Å²) in [5, 5.41) is 6.32. The highest BCUT2D eigenvalue weighted by atomic mass is 32.1. The van der Waals surface area contributed by atoms with Gasteiger partial charge in [0.25, 0.3) is 0 Å². The summed E-state index contributed by atoms with van der Waals surface area (Å²) < 4.78 is 0. The number of hydrogen-bond acceptors (Lipinski definition) is 6. The first-order valence-corrected chi connectivity index (χ1v) is 27.2. The highest BCUT2D eigenvalue weighted by Crippen LogP contribution is 2.39. The van der Waals surface area contributed by atoms with Crippen molar-refractivity contribution >= 4 is 68.0 Å². The van der Waals surface area contributed by atoms with E-state index >= 15 is 0 Å². The van der Waals surface area contributed by atoms with Crippen molar-refractivity contribution in [2.24, 2.45) is 5.41 Å². The molecule has 0 aliphatic rings. The molecule has 9 rings (SSSR count). The molecule has 66 heavy (non-hydrogen) atoms. The Hall–Kier alpha value is -4.58. The number of benzene rings is 3. The molecule has 6 aromatic heterocycles.